The number of carboxylic acid groups (broad SMARTS) is 1. The van der Waals surface area contributed by atoms with Crippen LogP contribution in [0.2, 0.25) is 0 Å². The Bertz CT molecular complexity index is 956. The molecule has 1 aliphatic carbocycles. The highest BCUT2D eigenvalue weighted by atomic mass is 16.5. The van der Waals surface area contributed by atoms with Crippen molar-refractivity contribution in [2.45, 2.75) is 37.3 Å². The van der Waals surface area contributed by atoms with Crippen molar-refractivity contribution in [3.8, 4) is 11.1 Å². The second-order valence-corrected chi connectivity index (χ2v) is 8.04. The Hall–Kier alpha value is -3.39. The van der Waals surface area contributed by atoms with Gasteiger partial charge < -0.3 is 25.2 Å². The zero-order valence-electron chi connectivity index (χ0n) is 17.6. The van der Waals surface area contributed by atoms with Gasteiger partial charge in [0.15, 0.2) is 0 Å². The number of ether oxygens (including phenoxy) is 2. The number of amides is 2. The van der Waals surface area contributed by atoms with Crippen LogP contribution in [0.15, 0.2) is 48.5 Å². The number of carbonyl (C=O) groups excluding carboxylic acids is 2. The molecule has 8 nitrogen and oxygen atoms in total. The molecule has 0 bridgehead atoms. The lowest BCUT2D eigenvalue weighted by atomic mass is 9.98. The van der Waals surface area contributed by atoms with E-state index in [1.807, 2.05) is 48.5 Å². The van der Waals surface area contributed by atoms with Crippen LogP contribution in [-0.2, 0) is 19.1 Å². The first-order valence-electron chi connectivity index (χ1n) is 10.7. The molecule has 2 amide bonds. The van der Waals surface area contributed by atoms with Gasteiger partial charge in [-0.05, 0) is 35.1 Å². The highest BCUT2D eigenvalue weighted by molar-refractivity contribution is 5.89. The normalized spacial score (nSPS) is 18.2. The van der Waals surface area contributed by atoms with Gasteiger partial charge in [-0.2, -0.15) is 0 Å². The van der Waals surface area contributed by atoms with E-state index in [0.29, 0.717) is 13.2 Å². The average molecular weight is 438 g/mol. The fraction of sp³-hybridized carbons (Fsp3) is 0.375. The number of alkyl carbamates (subject to hydrolysis) is 1. The molecule has 0 radical (unpaired) electrons. The van der Waals surface area contributed by atoms with Crippen molar-refractivity contribution in [1.82, 2.24) is 10.6 Å². The number of carbonyl (C=O) groups is 3. The molecule has 0 spiro atoms. The SMILES string of the molecule is O=C(O)CC(NC(=O)OCC1c2ccccc2-c2ccccc21)C(=O)NC1CCCOC1. The summed E-state index contributed by atoms with van der Waals surface area (Å²) in [5.41, 5.74) is 4.35. The summed E-state index contributed by atoms with van der Waals surface area (Å²) in [6.45, 7) is 1.09. The minimum Gasteiger partial charge on any atom is -0.481 e. The van der Waals surface area contributed by atoms with E-state index in [9.17, 15) is 19.5 Å². The summed E-state index contributed by atoms with van der Waals surface area (Å²) < 4.78 is 10.8. The second kappa shape index (κ2) is 9.82. The second-order valence-electron chi connectivity index (χ2n) is 8.04. The van der Waals surface area contributed by atoms with Crippen molar-refractivity contribution in [2.24, 2.45) is 0 Å². The highest BCUT2D eigenvalue weighted by Crippen LogP contribution is 2.44. The van der Waals surface area contributed by atoms with Crippen molar-refractivity contribution in [2.75, 3.05) is 19.8 Å². The van der Waals surface area contributed by atoms with Crippen LogP contribution in [0, 0.1) is 0 Å². The molecular weight excluding hydrogens is 412 g/mol. The van der Waals surface area contributed by atoms with Gasteiger partial charge in [0.2, 0.25) is 5.91 Å². The summed E-state index contributed by atoms with van der Waals surface area (Å²) in [5, 5.41) is 14.3. The number of carboxylic acids is 1. The van der Waals surface area contributed by atoms with Gasteiger partial charge in [0.1, 0.15) is 12.6 Å². The quantitative estimate of drug-likeness (QED) is 0.612. The van der Waals surface area contributed by atoms with Gasteiger partial charge in [0.05, 0.1) is 19.1 Å². The minimum atomic E-state index is -1.23. The third-order valence-corrected chi connectivity index (χ3v) is 5.84. The van der Waals surface area contributed by atoms with E-state index < -0.39 is 30.4 Å². The molecule has 2 aliphatic rings. The predicted molar refractivity (Wildman–Crippen MR) is 116 cm³/mol. The number of hydrogen-bond acceptors (Lipinski definition) is 5. The Morgan fingerprint density at radius 3 is 2.31 bits per heavy atom. The average Bonchev–Trinajstić information content (AvgIpc) is 3.11. The van der Waals surface area contributed by atoms with E-state index >= 15 is 0 Å². The van der Waals surface area contributed by atoms with E-state index in [1.54, 1.807) is 0 Å². The first kappa shape index (κ1) is 21.8. The van der Waals surface area contributed by atoms with Crippen LogP contribution in [0.5, 0.6) is 0 Å². The molecule has 1 saturated heterocycles. The fourth-order valence-corrected chi connectivity index (χ4v) is 4.32. The lowest BCUT2D eigenvalue weighted by molar-refractivity contribution is -0.140. The summed E-state index contributed by atoms with van der Waals surface area (Å²) in [4.78, 5) is 36.3. The third-order valence-electron chi connectivity index (χ3n) is 5.84. The van der Waals surface area contributed by atoms with Crippen LogP contribution in [-0.4, -0.2) is 55.0 Å². The van der Waals surface area contributed by atoms with Gasteiger partial charge in [-0.15, -0.1) is 0 Å². The van der Waals surface area contributed by atoms with Gasteiger partial charge in [-0.3, -0.25) is 9.59 Å². The van der Waals surface area contributed by atoms with E-state index in [0.717, 1.165) is 35.1 Å². The maximum absolute atomic E-state index is 12.6. The molecule has 8 heteroatoms. The number of nitrogens with one attached hydrogen (secondary N) is 2. The molecule has 2 aromatic rings. The van der Waals surface area contributed by atoms with E-state index in [4.69, 9.17) is 9.47 Å². The topological polar surface area (TPSA) is 114 Å². The molecule has 0 aromatic heterocycles. The van der Waals surface area contributed by atoms with Crippen LogP contribution >= 0.6 is 0 Å². The molecule has 2 unspecified atom stereocenters. The largest absolute Gasteiger partial charge is 0.481 e. The maximum atomic E-state index is 12.6. The molecule has 0 saturated carbocycles. The number of benzene rings is 2. The summed E-state index contributed by atoms with van der Waals surface area (Å²) in [6.07, 6.45) is 0.196. The zero-order chi connectivity index (χ0) is 22.5. The van der Waals surface area contributed by atoms with E-state index in [1.165, 1.54) is 0 Å². The van der Waals surface area contributed by atoms with Crippen molar-refractivity contribution in [3.63, 3.8) is 0 Å². The number of aliphatic carboxylic acids is 1. The van der Waals surface area contributed by atoms with Crippen molar-refractivity contribution in [1.29, 1.82) is 0 Å². The van der Waals surface area contributed by atoms with Gasteiger partial charge in [-0.25, -0.2) is 4.79 Å². The predicted octanol–water partition coefficient (Wildman–Crippen LogP) is 2.66. The lowest BCUT2D eigenvalue weighted by Gasteiger charge is -2.25. The molecular formula is C24H26N2O6. The van der Waals surface area contributed by atoms with E-state index in [2.05, 4.69) is 10.6 Å². The Balaban J connectivity index is 1.39. The maximum Gasteiger partial charge on any atom is 0.407 e. The summed E-state index contributed by atoms with van der Waals surface area (Å²) in [7, 11) is 0. The van der Waals surface area contributed by atoms with Gasteiger partial charge >= 0.3 is 12.1 Å². The minimum absolute atomic E-state index is 0.0811. The summed E-state index contributed by atoms with van der Waals surface area (Å²) in [5.74, 6) is -1.88. The van der Waals surface area contributed by atoms with Gasteiger partial charge in [-0.1, -0.05) is 48.5 Å². The fourth-order valence-electron chi connectivity index (χ4n) is 4.32. The van der Waals surface area contributed by atoms with Crippen molar-refractivity contribution >= 4 is 18.0 Å². The number of hydrogen-bond donors (Lipinski definition) is 3. The molecule has 2 aromatic carbocycles. The van der Waals surface area contributed by atoms with Gasteiger partial charge in [0.25, 0.3) is 0 Å². The highest BCUT2D eigenvalue weighted by Gasteiger charge is 2.31. The molecule has 4 rings (SSSR count). The van der Waals surface area contributed by atoms with Crippen LogP contribution < -0.4 is 10.6 Å². The first-order chi connectivity index (χ1) is 15.5. The molecule has 32 heavy (non-hydrogen) atoms. The number of rotatable bonds is 7. The first-order valence-corrected chi connectivity index (χ1v) is 10.7. The monoisotopic (exact) mass is 438 g/mol. The van der Waals surface area contributed by atoms with Crippen molar-refractivity contribution < 1.29 is 29.0 Å². The van der Waals surface area contributed by atoms with Crippen LogP contribution in [0.3, 0.4) is 0 Å². The third kappa shape index (κ3) is 4.91. The van der Waals surface area contributed by atoms with E-state index in [-0.39, 0.29) is 18.6 Å². The lowest BCUT2D eigenvalue weighted by Crippen LogP contribution is -2.52. The molecule has 1 fully saturated rings. The molecule has 3 N–H and O–H groups in total. The smallest absolute Gasteiger partial charge is 0.407 e. The van der Waals surface area contributed by atoms with Gasteiger partial charge in [0, 0.05) is 12.5 Å². The Labute approximate surface area is 185 Å². The molecule has 1 heterocycles. The summed E-state index contributed by atoms with van der Waals surface area (Å²) >= 11 is 0. The van der Waals surface area contributed by atoms with Crippen LogP contribution in [0.4, 0.5) is 4.79 Å². The van der Waals surface area contributed by atoms with Crippen LogP contribution in [0.25, 0.3) is 11.1 Å². The Kier molecular flexibility index (Phi) is 6.70. The van der Waals surface area contributed by atoms with Crippen LogP contribution in [0.1, 0.15) is 36.3 Å². The Morgan fingerprint density at radius 1 is 1.06 bits per heavy atom. The standard InChI is InChI=1S/C24H26N2O6/c27-22(28)12-21(23(29)25-15-6-5-11-31-13-15)26-24(30)32-14-20-18-9-3-1-7-16(18)17-8-2-4-10-19(17)20/h1-4,7-10,15,20-21H,5-6,11-14H2,(H,25,29)(H,26,30)(H,27,28). The Morgan fingerprint density at radius 2 is 1.72 bits per heavy atom. The number of fused-ring (bicyclic) bond motifs is 3. The molecule has 168 valence electrons. The van der Waals surface area contributed by atoms with Crippen molar-refractivity contribution in [3.05, 3.63) is 59.7 Å². The molecule has 2 atom stereocenters. The summed E-state index contributed by atoms with van der Waals surface area (Å²) in [6, 6.07) is 14.5. The molecule has 1 aliphatic heterocycles. The zero-order valence-corrected chi connectivity index (χ0v) is 17.6.